The average molecular weight is 348 g/mol. The number of aryl methyl sites for hydroxylation is 1. The van der Waals surface area contributed by atoms with Crippen LogP contribution in [0.25, 0.3) is 5.82 Å². The summed E-state index contributed by atoms with van der Waals surface area (Å²) in [5.74, 6) is 2.28. The first-order chi connectivity index (χ1) is 12.8. The number of aromatic nitrogens is 5. The fraction of sp³-hybridized carbons (Fsp3) is 0.400. The molecule has 0 aliphatic carbocycles. The van der Waals surface area contributed by atoms with Crippen molar-refractivity contribution in [3.8, 4) is 5.82 Å². The highest BCUT2D eigenvalue weighted by Gasteiger charge is 2.23. The van der Waals surface area contributed by atoms with Gasteiger partial charge in [-0.15, -0.1) is 0 Å². The van der Waals surface area contributed by atoms with Gasteiger partial charge in [0.1, 0.15) is 5.82 Å². The van der Waals surface area contributed by atoms with Crippen molar-refractivity contribution < 1.29 is 0 Å². The van der Waals surface area contributed by atoms with Crippen molar-refractivity contribution in [1.82, 2.24) is 29.4 Å². The van der Waals surface area contributed by atoms with E-state index in [4.69, 9.17) is 4.98 Å². The van der Waals surface area contributed by atoms with Crippen LogP contribution in [0.3, 0.4) is 0 Å². The van der Waals surface area contributed by atoms with Crippen molar-refractivity contribution in [2.24, 2.45) is 0 Å². The van der Waals surface area contributed by atoms with E-state index in [1.54, 1.807) is 0 Å². The van der Waals surface area contributed by atoms with E-state index >= 15 is 0 Å². The summed E-state index contributed by atoms with van der Waals surface area (Å²) in [5.41, 5.74) is 2.20. The van der Waals surface area contributed by atoms with Crippen LogP contribution in [0.5, 0.6) is 0 Å². The summed E-state index contributed by atoms with van der Waals surface area (Å²) in [6.45, 7) is 5.11. The maximum absolute atomic E-state index is 4.91. The molecule has 0 unspecified atom stereocenters. The number of hydrogen-bond donors (Lipinski definition) is 0. The first-order valence-corrected chi connectivity index (χ1v) is 9.30. The van der Waals surface area contributed by atoms with Crippen LogP contribution < -0.4 is 0 Å². The van der Waals surface area contributed by atoms with E-state index in [0.717, 1.165) is 55.5 Å². The predicted octanol–water partition coefficient (Wildman–Crippen LogP) is 3.00. The largest absolute Gasteiger partial charge is 0.297 e. The summed E-state index contributed by atoms with van der Waals surface area (Å²) < 4.78 is 2.03. The molecule has 6 nitrogen and oxygen atoms in total. The lowest BCUT2D eigenvalue weighted by Crippen LogP contribution is -2.34. The minimum absolute atomic E-state index is 0.411. The van der Waals surface area contributed by atoms with Gasteiger partial charge in [0.25, 0.3) is 0 Å². The zero-order valence-electron chi connectivity index (χ0n) is 15.1. The van der Waals surface area contributed by atoms with Crippen molar-refractivity contribution in [2.45, 2.75) is 38.6 Å². The number of hydrogen-bond acceptors (Lipinski definition) is 5. The van der Waals surface area contributed by atoms with Gasteiger partial charge in [0.15, 0.2) is 5.82 Å². The van der Waals surface area contributed by atoms with Gasteiger partial charge in [-0.3, -0.25) is 19.4 Å². The zero-order valence-corrected chi connectivity index (χ0v) is 15.1. The Hall–Kier alpha value is -2.60. The summed E-state index contributed by atoms with van der Waals surface area (Å²) in [6.07, 6.45) is 12.6. The molecule has 0 aromatic carbocycles. The molecule has 26 heavy (non-hydrogen) atoms. The van der Waals surface area contributed by atoms with E-state index in [9.17, 15) is 0 Å². The first-order valence-electron chi connectivity index (χ1n) is 9.30. The van der Waals surface area contributed by atoms with Crippen LogP contribution in [0.4, 0.5) is 0 Å². The van der Waals surface area contributed by atoms with Crippen LogP contribution in [0, 0.1) is 0 Å². The van der Waals surface area contributed by atoms with Gasteiger partial charge in [0.05, 0.1) is 17.6 Å². The summed E-state index contributed by atoms with van der Waals surface area (Å²) in [6, 6.07) is 6.11. The van der Waals surface area contributed by atoms with Crippen molar-refractivity contribution in [1.29, 1.82) is 0 Å². The van der Waals surface area contributed by atoms with Gasteiger partial charge < -0.3 is 0 Å². The normalized spacial score (nSPS) is 18.1. The Kier molecular flexibility index (Phi) is 5.02. The molecule has 3 aromatic heterocycles. The van der Waals surface area contributed by atoms with Crippen LogP contribution in [-0.2, 0) is 13.0 Å². The zero-order chi connectivity index (χ0) is 17.8. The van der Waals surface area contributed by atoms with Crippen molar-refractivity contribution >= 4 is 0 Å². The van der Waals surface area contributed by atoms with Crippen molar-refractivity contribution in [3.63, 3.8) is 0 Å². The van der Waals surface area contributed by atoms with E-state index < -0.39 is 0 Å². The summed E-state index contributed by atoms with van der Waals surface area (Å²) >= 11 is 0. The Morgan fingerprint density at radius 1 is 1.15 bits per heavy atom. The molecule has 0 radical (unpaired) electrons. The average Bonchev–Trinajstić information content (AvgIpc) is 3.18. The Morgan fingerprint density at radius 2 is 2.12 bits per heavy atom. The van der Waals surface area contributed by atoms with Crippen LogP contribution >= 0.6 is 0 Å². The Balaban J connectivity index is 1.51. The SMILES string of the molecule is CCc1nccn1-c1cncc([C@H]2CCCN(Cc3ccccn3)C2)n1. The maximum Gasteiger partial charge on any atom is 0.156 e. The molecule has 4 rings (SSSR count). The first kappa shape index (κ1) is 16.8. The lowest BCUT2D eigenvalue weighted by Gasteiger charge is -2.32. The van der Waals surface area contributed by atoms with Gasteiger partial charge in [-0.25, -0.2) is 9.97 Å². The van der Waals surface area contributed by atoms with Gasteiger partial charge in [0, 0.05) is 50.2 Å². The third kappa shape index (κ3) is 3.65. The number of piperidine rings is 1. The predicted molar refractivity (Wildman–Crippen MR) is 100 cm³/mol. The fourth-order valence-electron chi connectivity index (χ4n) is 3.65. The summed E-state index contributed by atoms with van der Waals surface area (Å²) in [7, 11) is 0. The maximum atomic E-state index is 4.91. The van der Waals surface area contributed by atoms with Gasteiger partial charge in [-0.2, -0.15) is 0 Å². The van der Waals surface area contributed by atoms with Crippen molar-refractivity contribution in [3.05, 3.63) is 66.4 Å². The molecule has 1 atom stereocenters. The lowest BCUT2D eigenvalue weighted by atomic mass is 9.95. The smallest absolute Gasteiger partial charge is 0.156 e. The van der Waals surface area contributed by atoms with E-state index in [1.165, 1.54) is 6.42 Å². The van der Waals surface area contributed by atoms with Crippen LogP contribution in [0.15, 0.2) is 49.2 Å². The molecule has 3 aromatic rings. The highest BCUT2D eigenvalue weighted by Crippen LogP contribution is 2.26. The minimum atomic E-state index is 0.411. The molecule has 6 heteroatoms. The highest BCUT2D eigenvalue weighted by atomic mass is 15.2. The Bertz CT molecular complexity index is 844. The standard InChI is InChI=1S/C20H24N6/c1-2-19-23-9-11-26(19)20-13-21-12-18(24-20)16-6-5-10-25(14-16)15-17-7-3-4-8-22-17/h3-4,7-9,11-13,16H,2,5-6,10,14-15H2,1H3/t16-/m0/s1. The summed E-state index contributed by atoms with van der Waals surface area (Å²) in [5, 5.41) is 0. The monoisotopic (exact) mass is 348 g/mol. The number of imidazole rings is 1. The lowest BCUT2D eigenvalue weighted by molar-refractivity contribution is 0.196. The molecular formula is C20H24N6. The second-order valence-corrected chi connectivity index (χ2v) is 6.76. The van der Waals surface area contributed by atoms with E-state index in [-0.39, 0.29) is 0 Å². The van der Waals surface area contributed by atoms with Gasteiger partial charge in [0.2, 0.25) is 0 Å². The minimum Gasteiger partial charge on any atom is -0.297 e. The van der Waals surface area contributed by atoms with E-state index in [1.807, 2.05) is 41.6 Å². The van der Waals surface area contributed by atoms with Crippen LogP contribution in [-0.4, -0.2) is 42.5 Å². The Morgan fingerprint density at radius 3 is 2.96 bits per heavy atom. The number of pyridine rings is 1. The van der Waals surface area contributed by atoms with Crippen LogP contribution in [0.2, 0.25) is 0 Å². The molecule has 1 aliphatic rings. The molecule has 1 saturated heterocycles. The quantitative estimate of drug-likeness (QED) is 0.709. The third-order valence-corrected chi connectivity index (χ3v) is 4.96. The summed E-state index contributed by atoms with van der Waals surface area (Å²) in [4.78, 5) is 20.7. The molecular weight excluding hydrogens is 324 g/mol. The Labute approximate surface area is 154 Å². The topological polar surface area (TPSA) is 59.7 Å². The molecule has 1 aliphatic heterocycles. The van der Waals surface area contributed by atoms with E-state index in [0.29, 0.717) is 5.92 Å². The number of rotatable bonds is 5. The van der Waals surface area contributed by atoms with Crippen molar-refractivity contribution in [2.75, 3.05) is 13.1 Å². The van der Waals surface area contributed by atoms with Gasteiger partial charge >= 0.3 is 0 Å². The molecule has 0 amide bonds. The number of likely N-dealkylation sites (tertiary alicyclic amines) is 1. The number of nitrogens with zero attached hydrogens (tertiary/aromatic N) is 6. The second-order valence-electron chi connectivity index (χ2n) is 6.76. The highest BCUT2D eigenvalue weighted by molar-refractivity contribution is 5.24. The fourth-order valence-corrected chi connectivity index (χ4v) is 3.65. The molecule has 1 fully saturated rings. The van der Waals surface area contributed by atoms with Gasteiger partial charge in [-0.1, -0.05) is 13.0 Å². The molecule has 0 bridgehead atoms. The van der Waals surface area contributed by atoms with Gasteiger partial charge in [-0.05, 0) is 31.5 Å². The van der Waals surface area contributed by atoms with E-state index in [2.05, 4.69) is 38.9 Å². The molecule has 0 N–H and O–H groups in total. The second kappa shape index (κ2) is 7.74. The molecule has 0 saturated carbocycles. The molecule has 4 heterocycles. The third-order valence-electron chi connectivity index (χ3n) is 4.96. The molecule has 134 valence electrons. The molecule has 0 spiro atoms. The van der Waals surface area contributed by atoms with Crippen LogP contribution in [0.1, 0.15) is 42.9 Å².